The number of ether oxygens (including phenoxy) is 1. The second kappa shape index (κ2) is 6.78. The number of amides is 2. The van der Waals surface area contributed by atoms with Crippen LogP contribution in [0.4, 0.5) is 4.79 Å². The summed E-state index contributed by atoms with van der Waals surface area (Å²) in [7, 11) is -3.97. The van der Waals surface area contributed by atoms with Crippen LogP contribution in [0.1, 0.15) is 27.7 Å². The van der Waals surface area contributed by atoms with E-state index in [2.05, 4.69) is 5.32 Å². The fraction of sp³-hybridized carbons (Fsp3) is 0.429. The van der Waals surface area contributed by atoms with Crippen molar-refractivity contribution in [2.75, 3.05) is 0 Å². The fourth-order valence-electron chi connectivity index (χ4n) is 1.43. The third-order valence-corrected chi connectivity index (χ3v) is 3.78. The monoisotopic (exact) mass is 328 g/mol. The van der Waals surface area contributed by atoms with E-state index in [9.17, 15) is 18.0 Å². The molecule has 0 radical (unpaired) electrons. The molecule has 1 aromatic carbocycles. The number of rotatable bonds is 4. The van der Waals surface area contributed by atoms with E-state index in [4.69, 9.17) is 4.74 Å². The van der Waals surface area contributed by atoms with Crippen LogP contribution in [0.5, 0.6) is 0 Å². The predicted molar refractivity (Wildman–Crippen MR) is 80.6 cm³/mol. The second-order valence-corrected chi connectivity index (χ2v) is 7.33. The highest BCUT2D eigenvalue weighted by Gasteiger charge is 2.24. The lowest BCUT2D eigenvalue weighted by molar-refractivity contribution is -0.121. The molecule has 2 N–H and O–H groups in total. The van der Waals surface area contributed by atoms with Crippen molar-refractivity contribution in [1.29, 1.82) is 0 Å². The molecule has 22 heavy (non-hydrogen) atoms. The summed E-state index contributed by atoms with van der Waals surface area (Å²) in [5.41, 5.74) is -0.712. The van der Waals surface area contributed by atoms with Crippen LogP contribution in [0.2, 0.25) is 0 Å². The molecular formula is C14H20N2O5S. The Morgan fingerprint density at radius 2 is 1.68 bits per heavy atom. The SMILES string of the molecule is C[C@@H](NC(=O)OC(C)(C)C)C(=O)NS(=O)(=O)c1ccccc1. The molecule has 1 aromatic rings. The largest absolute Gasteiger partial charge is 0.444 e. The third-order valence-electron chi connectivity index (χ3n) is 2.41. The first-order valence-corrected chi connectivity index (χ1v) is 8.11. The van der Waals surface area contributed by atoms with Gasteiger partial charge in [0.25, 0.3) is 15.9 Å². The highest BCUT2D eigenvalue weighted by atomic mass is 32.2. The van der Waals surface area contributed by atoms with Gasteiger partial charge >= 0.3 is 6.09 Å². The smallest absolute Gasteiger partial charge is 0.408 e. The summed E-state index contributed by atoms with van der Waals surface area (Å²) in [6.45, 7) is 6.39. The van der Waals surface area contributed by atoms with Crippen LogP contribution in [-0.4, -0.2) is 32.1 Å². The van der Waals surface area contributed by atoms with E-state index in [1.807, 2.05) is 4.72 Å². The Bertz CT molecular complexity index is 635. The summed E-state index contributed by atoms with van der Waals surface area (Å²) >= 11 is 0. The summed E-state index contributed by atoms with van der Waals surface area (Å²) in [6, 6.07) is 6.41. The van der Waals surface area contributed by atoms with E-state index in [-0.39, 0.29) is 4.90 Å². The standard InChI is InChI=1S/C14H20N2O5S/c1-10(15-13(18)21-14(2,3)4)12(17)16-22(19,20)11-8-6-5-7-9-11/h5-10H,1-4H3,(H,15,18)(H,16,17)/t10-/m1/s1. The summed E-state index contributed by atoms with van der Waals surface area (Å²) in [4.78, 5) is 23.4. The van der Waals surface area contributed by atoms with Gasteiger partial charge in [-0.25, -0.2) is 17.9 Å². The van der Waals surface area contributed by atoms with Gasteiger partial charge in [0.1, 0.15) is 11.6 Å². The zero-order valence-electron chi connectivity index (χ0n) is 12.9. The summed E-state index contributed by atoms with van der Waals surface area (Å²) in [5.74, 6) is -0.852. The van der Waals surface area contributed by atoms with Gasteiger partial charge in [-0.1, -0.05) is 18.2 Å². The molecule has 7 nitrogen and oxygen atoms in total. The molecule has 0 aliphatic rings. The quantitative estimate of drug-likeness (QED) is 0.870. The van der Waals surface area contributed by atoms with Gasteiger partial charge in [-0.05, 0) is 39.8 Å². The molecule has 0 fully saturated rings. The average Bonchev–Trinajstić information content (AvgIpc) is 2.36. The Balaban J connectivity index is 2.67. The van der Waals surface area contributed by atoms with Gasteiger partial charge in [-0.2, -0.15) is 0 Å². The Morgan fingerprint density at radius 1 is 1.14 bits per heavy atom. The molecule has 0 bridgehead atoms. The molecule has 2 amide bonds. The third kappa shape index (κ3) is 5.72. The molecule has 0 saturated carbocycles. The van der Waals surface area contributed by atoms with Crippen LogP contribution < -0.4 is 10.0 Å². The van der Waals surface area contributed by atoms with Gasteiger partial charge in [0, 0.05) is 0 Å². The number of hydrogen-bond donors (Lipinski definition) is 2. The maximum absolute atomic E-state index is 12.0. The van der Waals surface area contributed by atoms with E-state index in [0.717, 1.165) is 0 Å². The minimum Gasteiger partial charge on any atom is -0.444 e. The van der Waals surface area contributed by atoms with Crippen molar-refractivity contribution in [3.05, 3.63) is 30.3 Å². The number of carbonyl (C=O) groups is 2. The van der Waals surface area contributed by atoms with Gasteiger partial charge in [0.05, 0.1) is 4.90 Å². The maximum atomic E-state index is 12.0. The molecule has 0 aliphatic heterocycles. The number of sulfonamides is 1. The fourth-order valence-corrected chi connectivity index (χ4v) is 2.50. The van der Waals surface area contributed by atoms with E-state index >= 15 is 0 Å². The first-order valence-electron chi connectivity index (χ1n) is 6.62. The normalized spacial score (nSPS) is 13.1. The van der Waals surface area contributed by atoms with E-state index in [1.165, 1.54) is 19.1 Å². The molecule has 0 aromatic heterocycles. The highest BCUT2D eigenvalue weighted by Crippen LogP contribution is 2.08. The molecule has 0 heterocycles. The minimum atomic E-state index is -3.97. The van der Waals surface area contributed by atoms with Crippen LogP contribution in [0, 0.1) is 0 Å². The zero-order valence-corrected chi connectivity index (χ0v) is 13.7. The number of alkyl carbamates (subject to hydrolysis) is 1. The van der Waals surface area contributed by atoms with Crippen LogP contribution in [-0.2, 0) is 19.6 Å². The first kappa shape index (κ1) is 18.0. The van der Waals surface area contributed by atoms with Gasteiger partial charge < -0.3 is 10.1 Å². The van der Waals surface area contributed by atoms with E-state index in [0.29, 0.717) is 0 Å². The van der Waals surface area contributed by atoms with Crippen molar-refractivity contribution in [2.24, 2.45) is 0 Å². The number of nitrogens with one attached hydrogen (secondary N) is 2. The Kier molecular flexibility index (Phi) is 5.54. The first-order chi connectivity index (χ1) is 10.0. The molecule has 0 saturated heterocycles. The summed E-state index contributed by atoms with van der Waals surface area (Å²) in [6.07, 6.45) is -0.799. The maximum Gasteiger partial charge on any atom is 0.408 e. The van der Waals surface area contributed by atoms with Crippen molar-refractivity contribution in [2.45, 2.75) is 44.2 Å². The molecule has 1 rings (SSSR count). The summed E-state index contributed by atoms with van der Waals surface area (Å²) < 4.78 is 30.9. The molecule has 8 heteroatoms. The van der Waals surface area contributed by atoms with Crippen LogP contribution in [0.3, 0.4) is 0 Å². The topological polar surface area (TPSA) is 102 Å². The van der Waals surface area contributed by atoms with Crippen molar-refractivity contribution in [3.8, 4) is 0 Å². The zero-order chi connectivity index (χ0) is 17.0. The van der Waals surface area contributed by atoms with Gasteiger partial charge in [0.2, 0.25) is 0 Å². The van der Waals surface area contributed by atoms with E-state index < -0.39 is 33.7 Å². The lowest BCUT2D eigenvalue weighted by Gasteiger charge is -2.21. The molecule has 0 aliphatic carbocycles. The van der Waals surface area contributed by atoms with Crippen molar-refractivity contribution in [1.82, 2.24) is 10.0 Å². The predicted octanol–water partition coefficient (Wildman–Crippen LogP) is 1.40. The van der Waals surface area contributed by atoms with E-state index in [1.54, 1.807) is 39.0 Å². The van der Waals surface area contributed by atoms with Crippen molar-refractivity contribution >= 4 is 22.0 Å². The molecular weight excluding hydrogens is 308 g/mol. The Hall–Kier alpha value is -2.09. The van der Waals surface area contributed by atoms with Crippen LogP contribution in [0.15, 0.2) is 35.2 Å². The lowest BCUT2D eigenvalue weighted by atomic mass is 10.2. The van der Waals surface area contributed by atoms with Gasteiger partial charge in [0.15, 0.2) is 0 Å². The van der Waals surface area contributed by atoms with Crippen molar-refractivity contribution < 1.29 is 22.7 Å². The molecule has 1 atom stereocenters. The van der Waals surface area contributed by atoms with Gasteiger partial charge in [-0.15, -0.1) is 0 Å². The molecule has 122 valence electrons. The number of benzene rings is 1. The lowest BCUT2D eigenvalue weighted by Crippen LogP contribution is -2.47. The van der Waals surface area contributed by atoms with Crippen LogP contribution in [0.25, 0.3) is 0 Å². The number of hydrogen-bond acceptors (Lipinski definition) is 5. The second-order valence-electron chi connectivity index (χ2n) is 5.65. The molecule has 0 unspecified atom stereocenters. The van der Waals surface area contributed by atoms with Crippen LogP contribution >= 0.6 is 0 Å². The van der Waals surface area contributed by atoms with Crippen molar-refractivity contribution in [3.63, 3.8) is 0 Å². The minimum absolute atomic E-state index is 0.0344. The average molecular weight is 328 g/mol. The van der Waals surface area contributed by atoms with Gasteiger partial charge in [-0.3, -0.25) is 4.79 Å². The Labute approximate surface area is 130 Å². The highest BCUT2D eigenvalue weighted by molar-refractivity contribution is 7.90. The molecule has 0 spiro atoms. The number of carbonyl (C=O) groups excluding carboxylic acids is 2. The summed E-state index contributed by atoms with van der Waals surface area (Å²) in [5, 5.41) is 2.27. The Morgan fingerprint density at radius 3 is 2.18 bits per heavy atom.